The monoisotopic (exact) mass is 208 g/mol. The van der Waals surface area contributed by atoms with Crippen LogP contribution in [0.4, 0.5) is 0 Å². The molecule has 2 heteroatoms. The first-order chi connectivity index (χ1) is 7.93. The van der Waals surface area contributed by atoms with Crippen molar-refractivity contribution in [1.29, 1.82) is 0 Å². The highest BCUT2D eigenvalue weighted by atomic mass is 14.6. The van der Waals surface area contributed by atoms with Gasteiger partial charge in [0.25, 0.3) is 0 Å². The first kappa shape index (κ1) is 9.04. The molecule has 0 aliphatic rings. The Balaban J connectivity index is 1.97. The van der Waals surface area contributed by atoms with Crippen LogP contribution in [0.2, 0.25) is 0 Å². The number of hydrogen-bond acceptors (Lipinski definition) is 0. The van der Waals surface area contributed by atoms with Crippen molar-refractivity contribution in [2.45, 2.75) is 0 Å². The van der Waals surface area contributed by atoms with Gasteiger partial charge in [-0.15, -0.1) is 0 Å². The molecule has 16 heavy (non-hydrogen) atoms. The van der Waals surface area contributed by atoms with Gasteiger partial charge < -0.3 is 9.97 Å². The van der Waals surface area contributed by atoms with E-state index < -0.39 is 0 Å². The molecular formula is C14H12N2. The Morgan fingerprint density at radius 3 is 1.25 bits per heavy atom. The van der Waals surface area contributed by atoms with Gasteiger partial charge in [0.15, 0.2) is 0 Å². The molecule has 2 heterocycles. The van der Waals surface area contributed by atoms with Crippen molar-refractivity contribution >= 4 is 0 Å². The van der Waals surface area contributed by atoms with E-state index in [1.54, 1.807) is 0 Å². The van der Waals surface area contributed by atoms with Crippen molar-refractivity contribution in [1.82, 2.24) is 9.97 Å². The maximum absolute atomic E-state index is 3.07. The van der Waals surface area contributed by atoms with E-state index >= 15 is 0 Å². The van der Waals surface area contributed by atoms with Crippen LogP contribution in [0.3, 0.4) is 0 Å². The van der Waals surface area contributed by atoms with Crippen molar-refractivity contribution < 1.29 is 0 Å². The second-order valence-corrected chi connectivity index (χ2v) is 3.78. The number of hydrogen-bond donors (Lipinski definition) is 2. The average molecular weight is 208 g/mol. The van der Waals surface area contributed by atoms with Crippen LogP contribution in [-0.2, 0) is 0 Å². The van der Waals surface area contributed by atoms with Crippen LogP contribution < -0.4 is 0 Å². The molecule has 0 aliphatic heterocycles. The van der Waals surface area contributed by atoms with Crippen LogP contribution in [-0.4, -0.2) is 9.97 Å². The summed E-state index contributed by atoms with van der Waals surface area (Å²) in [5.74, 6) is 0. The molecule has 78 valence electrons. The summed E-state index contributed by atoms with van der Waals surface area (Å²) in [6.07, 6.45) is 7.89. The lowest BCUT2D eigenvalue weighted by atomic mass is 10.0. The van der Waals surface area contributed by atoms with Crippen molar-refractivity contribution in [3.63, 3.8) is 0 Å². The van der Waals surface area contributed by atoms with Gasteiger partial charge in [0.05, 0.1) is 0 Å². The van der Waals surface area contributed by atoms with Gasteiger partial charge >= 0.3 is 0 Å². The van der Waals surface area contributed by atoms with Gasteiger partial charge in [-0.25, -0.2) is 0 Å². The second-order valence-electron chi connectivity index (χ2n) is 3.78. The summed E-state index contributed by atoms with van der Waals surface area (Å²) in [7, 11) is 0. The third-order valence-electron chi connectivity index (χ3n) is 2.75. The topological polar surface area (TPSA) is 31.6 Å². The molecule has 0 spiro atoms. The Kier molecular flexibility index (Phi) is 2.11. The van der Waals surface area contributed by atoms with Crippen molar-refractivity contribution in [3.8, 4) is 22.3 Å². The highest BCUT2D eigenvalue weighted by Gasteiger charge is 2.00. The zero-order valence-electron chi connectivity index (χ0n) is 8.77. The summed E-state index contributed by atoms with van der Waals surface area (Å²) in [5.41, 5.74) is 4.92. The molecule has 2 aromatic heterocycles. The van der Waals surface area contributed by atoms with E-state index in [1.165, 1.54) is 22.3 Å². The molecule has 0 amide bonds. The molecule has 0 radical (unpaired) electrons. The SMILES string of the molecule is c1cc(-c2ccc(-c3cc[nH]c3)cc2)c[nH]1. The van der Waals surface area contributed by atoms with E-state index in [-0.39, 0.29) is 0 Å². The van der Waals surface area contributed by atoms with Crippen LogP contribution >= 0.6 is 0 Å². The van der Waals surface area contributed by atoms with Crippen LogP contribution in [0.1, 0.15) is 0 Å². The van der Waals surface area contributed by atoms with E-state index in [1.807, 2.05) is 24.8 Å². The normalized spacial score (nSPS) is 10.5. The summed E-state index contributed by atoms with van der Waals surface area (Å²) >= 11 is 0. The molecule has 0 aliphatic carbocycles. The molecule has 0 atom stereocenters. The second kappa shape index (κ2) is 3.74. The third-order valence-corrected chi connectivity index (χ3v) is 2.75. The molecule has 0 fully saturated rings. The first-order valence-corrected chi connectivity index (χ1v) is 5.30. The number of H-pyrrole nitrogens is 2. The summed E-state index contributed by atoms with van der Waals surface area (Å²) in [4.78, 5) is 6.13. The van der Waals surface area contributed by atoms with Crippen molar-refractivity contribution in [3.05, 3.63) is 61.2 Å². The zero-order chi connectivity index (χ0) is 10.8. The Bertz CT molecular complexity index is 492. The summed E-state index contributed by atoms with van der Waals surface area (Å²) in [6, 6.07) is 12.7. The lowest BCUT2D eigenvalue weighted by Crippen LogP contribution is -1.76. The fraction of sp³-hybridized carbons (Fsp3) is 0. The maximum Gasteiger partial charge on any atom is 0.00841 e. The summed E-state index contributed by atoms with van der Waals surface area (Å²) < 4.78 is 0. The predicted octanol–water partition coefficient (Wildman–Crippen LogP) is 3.68. The molecule has 0 bridgehead atoms. The molecule has 0 saturated heterocycles. The largest absolute Gasteiger partial charge is 0.367 e. The predicted molar refractivity (Wildman–Crippen MR) is 66.0 cm³/mol. The standard InChI is InChI=1S/C14H12N2/c1-2-12(14-6-8-16-10-14)4-3-11(1)13-5-7-15-9-13/h1-10,15-16H. The molecule has 1 aromatic carbocycles. The molecule has 3 rings (SSSR count). The van der Waals surface area contributed by atoms with E-state index in [9.17, 15) is 0 Å². The Hall–Kier alpha value is -2.22. The quantitative estimate of drug-likeness (QED) is 0.644. The van der Waals surface area contributed by atoms with Gasteiger partial charge in [0.2, 0.25) is 0 Å². The van der Waals surface area contributed by atoms with E-state index in [4.69, 9.17) is 0 Å². The van der Waals surface area contributed by atoms with Gasteiger partial charge in [-0.3, -0.25) is 0 Å². The van der Waals surface area contributed by atoms with Crippen molar-refractivity contribution in [2.24, 2.45) is 0 Å². The summed E-state index contributed by atoms with van der Waals surface area (Å²) in [6.45, 7) is 0. The van der Waals surface area contributed by atoms with Gasteiger partial charge in [0, 0.05) is 24.8 Å². The fourth-order valence-electron chi connectivity index (χ4n) is 1.86. The number of rotatable bonds is 2. The van der Waals surface area contributed by atoms with E-state index in [0.717, 1.165) is 0 Å². The van der Waals surface area contributed by atoms with Gasteiger partial charge in [0.1, 0.15) is 0 Å². The maximum atomic E-state index is 3.07. The first-order valence-electron chi connectivity index (χ1n) is 5.30. The Labute approximate surface area is 94.0 Å². The minimum Gasteiger partial charge on any atom is -0.367 e. The molecule has 0 saturated carbocycles. The summed E-state index contributed by atoms with van der Waals surface area (Å²) in [5, 5.41) is 0. The fourth-order valence-corrected chi connectivity index (χ4v) is 1.86. The van der Waals surface area contributed by atoms with E-state index in [0.29, 0.717) is 0 Å². The number of aromatic amines is 2. The average Bonchev–Trinajstić information content (AvgIpc) is 3.03. The minimum atomic E-state index is 1.22. The third kappa shape index (κ3) is 1.54. The molecule has 0 unspecified atom stereocenters. The Morgan fingerprint density at radius 2 is 0.938 bits per heavy atom. The molecule has 2 N–H and O–H groups in total. The van der Waals surface area contributed by atoms with Gasteiger partial charge in [-0.05, 0) is 34.4 Å². The lowest BCUT2D eigenvalue weighted by molar-refractivity contribution is 1.41. The van der Waals surface area contributed by atoms with Crippen LogP contribution in [0, 0.1) is 0 Å². The number of aromatic nitrogens is 2. The number of nitrogens with one attached hydrogen (secondary N) is 2. The van der Waals surface area contributed by atoms with Crippen LogP contribution in [0.25, 0.3) is 22.3 Å². The van der Waals surface area contributed by atoms with E-state index in [2.05, 4.69) is 46.4 Å². The smallest absolute Gasteiger partial charge is 0.00841 e. The lowest BCUT2D eigenvalue weighted by Gasteiger charge is -2.00. The Morgan fingerprint density at radius 1 is 0.500 bits per heavy atom. The zero-order valence-corrected chi connectivity index (χ0v) is 8.77. The van der Waals surface area contributed by atoms with Crippen LogP contribution in [0.5, 0.6) is 0 Å². The van der Waals surface area contributed by atoms with Crippen molar-refractivity contribution in [2.75, 3.05) is 0 Å². The number of benzene rings is 1. The highest BCUT2D eigenvalue weighted by molar-refractivity contribution is 5.69. The molecule has 2 nitrogen and oxygen atoms in total. The highest BCUT2D eigenvalue weighted by Crippen LogP contribution is 2.23. The van der Waals surface area contributed by atoms with Crippen LogP contribution in [0.15, 0.2) is 61.2 Å². The molecular weight excluding hydrogens is 196 g/mol. The minimum absolute atomic E-state index is 1.22. The van der Waals surface area contributed by atoms with Gasteiger partial charge in [-0.1, -0.05) is 24.3 Å². The van der Waals surface area contributed by atoms with Gasteiger partial charge in [-0.2, -0.15) is 0 Å². The molecule has 3 aromatic rings.